The third-order valence-electron chi connectivity index (χ3n) is 6.14. The molecule has 142 valence electrons. The van der Waals surface area contributed by atoms with Crippen LogP contribution in [0.5, 0.6) is 0 Å². The van der Waals surface area contributed by atoms with Gasteiger partial charge in [-0.2, -0.15) is 0 Å². The molecule has 7 nitrogen and oxygen atoms in total. The molecule has 0 radical (unpaired) electrons. The Labute approximate surface area is 162 Å². The highest BCUT2D eigenvalue weighted by Crippen LogP contribution is 2.45. The molecular formula is C21H22N6O. The van der Waals surface area contributed by atoms with Crippen molar-refractivity contribution in [3.63, 3.8) is 0 Å². The van der Waals surface area contributed by atoms with E-state index < -0.39 is 0 Å². The fourth-order valence-corrected chi connectivity index (χ4v) is 4.55. The van der Waals surface area contributed by atoms with E-state index >= 15 is 0 Å². The Balaban J connectivity index is 1.47. The van der Waals surface area contributed by atoms with Crippen molar-refractivity contribution in [2.45, 2.75) is 38.0 Å². The van der Waals surface area contributed by atoms with Crippen LogP contribution in [0.15, 0.2) is 41.7 Å². The van der Waals surface area contributed by atoms with Crippen LogP contribution in [0.3, 0.4) is 0 Å². The van der Waals surface area contributed by atoms with Crippen LogP contribution in [0.4, 0.5) is 5.82 Å². The van der Waals surface area contributed by atoms with Gasteiger partial charge in [-0.1, -0.05) is 0 Å². The summed E-state index contributed by atoms with van der Waals surface area (Å²) >= 11 is 0. The zero-order valence-corrected chi connectivity index (χ0v) is 15.9. The van der Waals surface area contributed by atoms with Gasteiger partial charge in [-0.3, -0.25) is 9.78 Å². The quantitative estimate of drug-likeness (QED) is 0.741. The van der Waals surface area contributed by atoms with E-state index in [9.17, 15) is 4.79 Å². The maximum atomic E-state index is 12.7. The molecule has 1 N–H and O–H groups in total. The van der Waals surface area contributed by atoms with Crippen LogP contribution in [0, 0.1) is 6.92 Å². The first-order chi connectivity index (χ1) is 13.6. The smallest absolute Gasteiger partial charge is 0.254 e. The van der Waals surface area contributed by atoms with Crippen molar-refractivity contribution in [1.82, 2.24) is 24.9 Å². The minimum absolute atomic E-state index is 0.00502. The number of piperidine rings is 1. The van der Waals surface area contributed by atoms with Crippen molar-refractivity contribution >= 4 is 5.82 Å². The molecule has 7 heteroatoms. The Bertz CT molecular complexity index is 1070. The number of aromatic amines is 1. The lowest BCUT2D eigenvalue weighted by Gasteiger charge is -2.40. The summed E-state index contributed by atoms with van der Waals surface area (Å²) in [7, 11) is 0. The van der Waals surface area contributed by atoms with E-state index in [1.165, 1.54) is 0 Å². The monoisotopic (exact) mass is 374 g/mol. The predicted molar refractivity (Wildman–Crippen MR) is 106 cm³/mol. The van der Waals surface area contributed by atoms with Gasteiger partial charge in [0.15, 0.2) is 0 Å². The summed E-state index contributed by atoms with van der Waals surface area (Å²) in [6.45, 7) is 3.80. The molecule has 4 heterocycles. The molecule has 5 rings (SSSR count). The molecule has 2 aliphatic rings. The normalized spacial score (nSPS) is 17.7. The zero-order valence-electron chi connectivity index (χ0n) is 15.9. The number of H-pyrrole nitrogens is 1. The average Bonchev–Trinajstić information content (AvgIpc) is 3.08. The predicted octanol–water partition coefficient (Wildman–Crippen LogP) is 2.41. The summed E-state index contributed by atoms with van der Waals surface area (Å²) in [6.07, 6.45) is 8.84. The summed E-state index contributed by atoms with van der Waals surface area (Å²) in [4.78, 5) is 35.7. The van der Waals surface area contributed by atoms with E-state index in [2.05, 4.69) is 24.8 Å². The summed E-state index contributed by atoms with van der Waals surface area (Å²) in [5.74, 6) is 1.60. The van der Waals surface area contributed by atoms with Crippen LogP contribution in [0.1, 0.15) is 36.2 Å². The molecule has 0 bridgehead atoms. The molecule has 0 aromatic carbocycles. The molecule has 3 aromatic rings. The second-order valence-electron chi connectivity index (χ2n) is 7.77. The van der Waals surface area contributed by atoms with Crippen LogP contribution >= 0.6 is 0 Å². The summed E-state index contributed by atoms with van der Waals surface area (Å²) < 4.78 is 0. The molecular weight excluding hydrogens is 352 g/mol. The number of anilines is 1. The van der Waals surface area contributed by atoms with E-state index in [-0.39, 0.29) is 11.0 Å². The number of fused-ring (bicyclic) bond motifs is 2. The molecule has 0 saturated carbocycles. The minimum atomic E-state index is -0.0148. The highest BCUT2D eigenvalue weighted by atomic mass is 16.1. The van der Waals surface area contributed by atoms with Gasteiger partial charge in [-0.15, -0.1) is 0 Å². The van der Waals surface area contributed by atoms with Gasteiger partial charge in [0.05, 0.1) is 5.69 Å². The molecule has 1 fully saturated rings. The molecule has 1 saturated heterocycles. The number of nitrogens with one attached hydrogen (secondary N) is 1. The Morgan fingerprint density at radius 2 is 2.04 bits per heavy atom. The lowest BCUT2D eigenvalue weighted by molar-refractivity contribution is 0.322. The first kappa shape index (κ1) is 17.0. The van der Waals surface area contributed by atoms with Gasteiger partial charge >= 0.3 is 0 Å². The second kappa shape index (κ2) is 6.51. The van der Waals surface area contributed by atoms with E-state index in [4.69, 9.17) is 4.98 Å². The van der Waals surface area contributed by atoms with Crippen molar-refractivity contribution in [1.29, 1.82) is 0 Å². The van der Waals surface area contributed by atoms with Gasteiger partial charge in [0.1, 0.15) is 18.0 Å². The molecule has 1 aliphatic carbocycles. The van der Waals surface area contributed by atoms with Crippen molar-refractivity contribution in [3.05, 3.63) is 64.2 Å². The fourth-order valence-electron chi connectivity index (χ4n) is 4.55. The minimum Gasteiger partial charge on any atom is -0.356 e. The van der Waals surface area contributed by atoms with Crippen LogP contribution < -0.4 is 10.5 Å². The lowest BCUT2D eigenvalue weighted by Crippen LogP contribution is -2.42. The van der Waals surface area contributed by atoms with Crippen LogP contribution in [-0.4, -0.2) is 38.0 Å². The van der Waals surface area contributed by atoms with Crippen molar-refractivity contribution in [2.24, 2.45) is 0 Å². The molecule has 0 unspecified atom stereocenters. The Morgan fingerprint density at radius 3 is 2.79 bits per heavy atom. The van der Waals surface area contributed by atoms with Gasteiger partial charge in [0.2, 0.25) is 0 Å². The molecule has 0 atom stereocenters. The molecule has 1 spiro atoms. The summed E-state index contributed by atoms with van der Waals surface area (Å²) in [5.41, 5.74) is 3.66. The van der Waals surface area contributed by atoms with Crippen LogP contribution in [-0.2, 0) is 11.8 Å². The zero-order chi connectivity index (χ0) is 19.1. The summed E-state index contributed by atoms with van der Waals surface area (Å²) in [6, 6.07) is 5.82. The van der Waals surface area contributed by atoms with Gasteiger partial charge in [0.25, 0.3) is 5.56 Å². The van der Waals surface area contributed by atoms with Gasteiger partial charge in [-0.05, 0) is 44.7 Å². The van der Waals surface area contributed by atoms with Crippen LogP contribution in [0.25, 0.3) is 11.4 Å². The SMILES string of the molecule is Cc1cc(N2CCC3(CCc4c3nc(-c3cccnc3)[nH]c4=O)CC2)ncn1. The highest BCUT2D eigenvalue weighted by molar-refractivity contribution is 5.54. The maximum Gasteiger partial charge on any atom is 0.254 e. The van der Waals surface area contributed by atoms with Gasteiger partial charge < -0.3 is 9.88 Å². The number of hydrogen-bond donors (Lipinski definition) is 1. The first-order valence-corrected chi connectivity index (χ1v) is 9.72. The lowest BCUT2D eigenvalue weighted by atomic mass is 9.76. The number of aromatic nitrogens is 5. The van der Waals surface area contributed by atoms with E-state index in [0.29, 0.717) is 5.82 Å². The number of pyridine rings is 1. The van der Waals surface area contributed by atoms with Crippen LogP contribution in [0.2, 0.25) is 0 Å². The van der Waals surface area contributed by atoms with Crippen molar-refractivity contribution in [3.8, 4) is 11.4 Å². The highest BCUT2D eigenvalue weighted by Gasteiger charge is 2.44. The van der Waals surface area contributed by atoms with E-state index in [1.807, 2.05) is 25.1 Å². The van der Waals surface area contributed by atoms with E-state index in [1.54, 1.807) is 18.7 Å². The van der Waals surface area contributed by atoms with Gasteiger partial charge in [-0.25, -0.2) is 15.0 Å². The Morgan fingerprint density at radius 1 is 1.18 bits per heavy atom. The standard InChI is InChI=1S/C21H22N6O/c1-14-11-17(24-13-23-14)27-9-6-21(7-10-27)5-4-16-18(21)25-19(26-20(16)28)15-3-2-8-22-12-15/h2-3,8,11-13H,4-7,9-10H2,1H3,(H,25,26,28). The van der Waals surface area contributed by atoms with Gasteiger partial charge in [0, 0.05) is 53.8 Å². The Hall–Kier alpha value is -3.09. The number of hydrogen-bond acceptors (Lipinski definition) is 6. The van der Waals surface area contributed by atoms with Crippen molar-refractivity contribution < 1.29 is 0 Å². The topological polar surface area (TPSA) is 87.7 Å². The summed E-state index contributed by atoms with van der Waals surface area (Å²) in [5, 5.41) is 0. The van der Waals surface area contributed by atoms with Crippen molar-refractivity contribution in [2.75, 3.05) is 18.0 Å². The Kier molecular flexibility index (Phi) is 3.96. The van der Waals surface area contributed by atoms with E-state index in [0.717, 1.165) is 67.1 Å². The first-order valence-electron chi connectivity index (χ1n) is 9.72. The fraction of sp³-hybridized carbons (Fsp3) is 0.381. The molecule has 3 aromatic heterocycles. The molecule has 28 heavy (non-hydrogen) atoms. The number of nitrogens with zero attached hydrogens (tertiary/aromatic N) is 5. The third-order valence-corrected chi connectivity index (χ3v) is 6.14. The molecule has 1 aliphatic heterocycles. The maximum absolute atomic E-state index is 12.7. The third kappa shape index (κ3) is 2.78. The second-order valence-corrected chi connectivity index (χ2v) is 7.77. The largest absolute Gasteiger partial charge is 0.356 e. The molecule has 0 amide bonds. The number of rotatable bonds is 2. The number of aryl methyl sites for hydroxylation is 1. The average molecular weight is 374 g/mol.